The zero-order chi connectivity index (χ0) is 16.3. The Bertz CT molecular complexity index is 415. The first-order valence-electron chi connectivity index (χ1n) is 9.05. The fourth-order valence-electron chi connectivity index (χ4n) is 4.08. The van der Waals surface area contributed by atoms with Gasteiger partial charge in [0.2, 0.25) is 0 Å². The third kappa shape index (κ3) is 4.15. The largest absolute Gasteiger partial charge is 0.347 e. The van der Waals surface area contributed by atoms with E-state index in [9.17, 15) is 4.79 Å². The monoisotopic (exact) mass is 342 g/mol. The molecule has 5 nitrogen and oxygen atoms in total. The normalized spacial score (nSPS) is 33.8. The van der Waals surface area contributed by atoms with Gasteiger partial charge in [0.15, 0.2) is 5.79 Å². The van der Waals surface area contributed by atoms with E-state index in [2.05, 4.69) is 12.2 Å². The average molecular weight is 343 g/mol. The van der Waals surface area contributed by atoms with Gasteiger partial charge in [-0.15, -0.1) is 0 Å². The second kappa shape index (κ2) is 7.62. The van der Waals surface area contributed by atoms with Crippen molar-refractivity contribution in [3.8, 4) is 0 Å². The lowest BCUT2D eigenvalue weighted by Crippen LogP contribution is -2.52. The molecule has 3 atom stereocenters. The molecule has 132 valence electrons. The molecule has 0 radical (unpaired) electrons. The molecule has 2 saturated heterocycles. The highest BCUT2D eigenvalue weighted by atomic mass is 32.2. The van der Waals surface area contributed by atoms with E-state index in [1.54, 1.807) is 0 Å². The van der Waals surface area contributed by atoms with Crippen LogP contribution in [0.1, 0.15) is 46.0 Å². The highest BCUT2D eigenvalue weighted by Gasteiger charge is 2.42. The number of amides is 2. The molecule has 2 amide bonds. The van der Waals surface area contributed by atoms with Crippen molar-refractivity contribution < 1.29 is 14.3 Å². The van der Waals surface area contributed by atoms with Crippen molar-refractivity contribution in [3.63, 3.8) is 0 Å². The van der Waals surface area contributed by atoms with Crippen LogP contribution in [0.3, 0.4) is 0 Å². The molecule has 0 aromatic heterocycles. The van der Waals surface area contributed by atoms with E-state index in [0.717, 1.165) is 49.8 Å². The van der Waals surface area contributed by atoms with Gasteiger partial charge >= 0.3 is 6.03 Å². The minimum Gasteiger partial charge on any atom is -0.347 e. The van der Waals surface area contributed by atoms with Gasteiger partial charge in [0.1, 0.15) is 0 Å². The molecule has 1 N–H and O–H groups in total. The number of rotatable bonds is 4. The first-order valence-corrected chi connectivity index (χ1v) is 10.1. The minimum absolute atomic E-state index is 0.100. The number of hydrogen-bond acceptors (Lipinski definition) is 4. The highest BCUT2D eigenvalue weighted by molar-refractivity contribution is 7.99. The number of urea groups is 1. The van der Waals surface area contributed by atoms with Gasteiger partial charge in [-0.25, -0.2) is 4.79 Å². The van der Waals surface area contributed by atoms with Crippen molar-refractivity contribution >= 4 is 17.8 Å². The van der Waals surface area contributed by atoms with Crippen LogP contribution in [0, 0.1) is 5.92 Å². The quantitative estimate of drug-likeness (QED) is 0.853. The van der Waals surface area contributed by atoms with Gasteiger partial charge in [0.25, 0.3) is 0 Å². The summed E-state index contributed by atoms with van der Waals surface area (Å²) < 4.78 is 11.6. The number of hydrogen-bond donors (Lipinski definition) is 1. The molecule has 23 heavy (non-hydrogen) atoms. The van der Waals surface area contributed by atoms with Gasteiger partial charge in [-0.3, -0.25) is 0 Å². The molecule has 2 aliphatic heterocycles. The van der Waals surface area contributed by atoms with Gasteiger partial charge in [0.05, 0.1) is 13.2 Å². The summed E-state index contributed by atoms with van der Waals surface area (Å²) in [5.74, 6) is 0.934. The zero-order valence-electron chi connectivity index (χ0n) is 14.4. The van der Waals surface area contributed by atoms with Crippen LogP contribution in [0.15, 0.2) is 0 Å². The smallest absolute Gasteiger partial charge is 0.317 e. The van der Waals surface area contributed by atoms with E-state index in [-0.39, 0.29) is 11.9 Å². The zero-order valence-corrected chi connectivity index (χ0v) is 15.2. The first-order chi connectivity index (χ1) is 11.1. The summed E-state index contributed by atoms with van der Waals surface area (Å²) in [6, 6.07) is 0.449. The molecular formula is C17H30N2O3S. The molecule has 3 fully saturated rings. The molecule has 1 aliphatic carbocycles. The van der Waals surface area contributed by atoms with Gasteiger partial charge in [-0.1, -0.05) is 6.92 Å². The lowest BCUT2D eigenvalue weighted by Gasteiger charge is -2.40. The molecule has 6 heteroatoms. The van der Waals surface area contributed by atoms with E-state index in [0.29, 0.717) is 19.3 Å². The van der Waals surface area contributed by atoms with E-state index in [4.69, 9.17) is 9.47 Å². The summed E-state index contributed by atoms with van der Waals surface area (Å²) in [4.78, 5) is 14.6. The van der Waals surface area contributed by atoms with Crippen LogP contribution >= 0.6 is 11.8 Å². The summed E-state index contributed by atoms with van der Waals surface area (Å²) in [5.41, 5.74) is 0. The van der Waals surface area contributed by atoms with Crippen molar-refractivity contribution in [2.24, 2.45) is 5.92 Å². The van der Waals surface area contributed by atoms with Crippen molar-refractivity contribution in [1.82, 2.24) is 10.2 Å². The summed E-state index contributed by atoms with van der Waals surface area (Å²) in [6.45, 7) is 7.14. The lowest BCUT2D eigenvalue weighted by molar-refractivity contribution is -0.189. The van der Waals surface area contributed by atoms with Gasteiger partial charge in [0, 0.05) is 30.3 Å². The Morgan fingerprint density at radius 3 is 2.83 bits per heavy atom. The summed E-state index contributed by atoms with van der Waals surface area (Å²) in [5, 5.41) is 3.97. The molecule has 3 aliphatic rings. The second-order valence-corrected chi connectivity index (χ2v) is 8.61. The fraction of sp³-hybridized carbons (Fsp3) is 0.941. The molecule has 1 saturated carbocycles. The van der Waals surface area contributed by atoms with Crippen molar-refractivity contribution in [2.75, 3.05) is 32.1 Å². The van der Waals surface area contributed by atoms with Crippen LogP contribution in [-0.4, -0.2) is 60.1 Å². The Labute approximate surface area is 143 Å². The maximum atomic E-state index is 12.6. The summed E-state index contributed by atoms with van der Waals surface area (Å²) in [6.07, 6.45) is 5.56. The van der Waals surface area contributed by atoms with Crippen molar-refractivity contribution in [1.29, 1.82) is 0 Å². The van der Waals surface area contributed by atoms with Gasteiger partial charge in [-0.05, 0) is 44.8 Å². The average Bonchev–Trinajstić information content (AvgIpc) is 3.18. The molecule has 3 unspecified atom stereocenters. The van der Waals surface area contributed by atoms with Crippen LogP contribution in [0.4, 0.5) is 4.79 Å². The third-order valence-electron chi connectivity index (χ3n) is 5.43. The van der Waals surface area contributed by atoms with E-state index >= 15 is 0 Å². The first kappa shape index (κ1) is 17.4. The number of ether oxygens (including phenoxy) is 2. The summed E-state index contributed by atoms with van der Waals surface area (Å²) in [7, 11) is 0. The highest BCUT2D eigenvalue weighted by Crippen LogP contribution is 2.34. The number of nitrogens with one attached hydrogen (secondary N) is 1. The number of piperidine rings is 1. The predicted molar refractivity (Wildman–Crippen MR) is 92.7 cm³/mol. The van der Waals surface area contributed by atoms with Crippen LogP contribution in [0.5, 0.6) is 0 Å². The molecule has 0 bridgehead atoms. The number of thioether (sulfide) groups is 1. The minimum atomic E-state index is -0.505. The summed E-state index contributed by atoms with van der Waals surface area (Å²) >= 11 is 2.02. The Hall–Kier alpha value is -0.460. The number of carbonyl (C=O) groups excluding carboxylic acids is 1. The van der Waals surface area contributed by atoms with Crippen LogP contribution in [0.2, 0.25) is 0 Å². The maximum Gasteiger partial charge on any atom is 0.317 e. The fourth-order valence-corrected chi connectivity index (χ4v) is 5.22. The van der Waals surface area contributed by atoms with Crippen molar-refractivity contribution in [2.45, 2.75) is 63.0 Å². The number of nitrogens with zero attached hydrogens (tertiary/aromatic N) is 1. The SMILES string of the molecule is CCSC1CCC(NC(=O)N2CCCC(C3(C)OCCO3)C2)C1. The maximum absolute atomic E-state index is 12.6. The molecule has 0 aromatic carbocycles. The van der Waals surface area contributed by atoms with E-state index in [1.165, 1.54) is 6.42 Å². The third-order valence-corrected chi connectivity index (χ3v) is 6.66. The van der Waals surface area contributed by atoms with E-state index < -0.39 is 5.79 Å². The number of carbonyl (C=O) groups is 1. The van der Waals surface area contributed by atoms with Crippen molar-refractivity contribution in [3.05, 3.63) is 0 Å². The Morgan fingerprint density at radius 1 is 1.30 bits per heavy atom. The van der Waals surface area contributed by atoms with Crippen LogP contribution in [0.25, 0.3) is 0 Å². The molecule has 0 spiro atoms. The van der Waals surface area contributed by atoms with Gasteiger partial charge in [-0.2, -0.15) is 11.8 Å². The Kier molecular flexibility index (Phi) is 5.75. The van der Waals surface area contributed by atoms with E-state index in [1.807, 2.05) is 23.6 Å². The topological polar surface area (TPSA) is 50.8 Å². The molecule has 2 heterocycles. The molecule has 3 rings (SSSR count). The molecule has 0 aromatic rings. The van der Waals surface area contributed by atoms with Gasteiger partial charge < -0.3 is 19.7 Å². The molecular weight excluding hydrogens is 312 g/mol. The Morgan fingerprint density at radius 2 is 2.09 bits per heavy atom. The predicted octanol–water partition coefficient (Wildman–Crippen LogP) is 2.85. The number of likely N-dealkylation sites (tertiary alicyclic amines) is 1. The van der Waals surface area contributed by atoms with Crippen LogP contribution < -0.4 is 5.32 Å². The standard InChI is InChI=1S/C17H30N2O3S/c1-3-23-15-7-6-14(11-15)18-16(20)19-8-4-5-13(12-19)17(2)21-9-10-22-17/h13-15H,3-12H2,1-2H3,(H,18,20). The second-order valence-electron chi connectivity index (χ2n) is 7.03. The Balaban J connectivity index is 1.49. The van der Waals surface area contributed by atoms with Crippen LogP contribution in [-0.2, 0) is 9.47 Å². The lowest BCUT2D eigenvalue weighted by atomic mass is 9.90.